The number of hydrogen-bond acceptors (Lipinski definition) is 2. The van der Waals surface area contributed by atoms with Gasteiger partial charge >= 0.3 is 0 Å². The summed E-state index contributed by atoms with van der Waals surface area (Å²) in [7, 11) is 0. The SMILES string of the molecule is Cc1cc(F)ccc1Oc1nc2ccccn2c1CBr. The van der Waals surface area contributed by atoms with Crippen LogP contribution >= 0.6 is 15.9 Å². The molecule has 3 aromatic rings. The molecule has 1 aromatic carbocycles. The summed E-state index contributed by atoms with van der Waals surface area (Å²) in [6.45, 7) is 1.81. The first-order chi connectivity index (χ1) is 9.69. The molecule has 102 valence electrons. The summed E-state index contributed by atoms with van der Waals surface area (Å²) in [5.41, 5.74) is 2.48. The number of ether oxygens (including phenoxy) is 1. The van der Waals surface area contributed by atoms with Gasteiger partial charge in [0.15, 0.2) is 0 Å². The predicted molar refractivity (Wildman–Crippen MR) is 79.0 cm³/mol. The summed E-state index contributed by atoms with van der Waals surface area (Å²) in [6.07, 6.45) is 1.93. The highest BCUT2D eigenvalue weighted by Crippen LogP contribution is 2.29. The second-order valence-corrected chi connectivity index (χ2v) is 5.00. The minimum absolute atomic E-state index is 0.273. The monoisotopic (exact) mass is 334 g/mol. The largest absolute Gasteiger partial charge is 0.437 e. The van der Waals surface area contributed by atoms with Crippen LogP contribution in [0.15, 0.2) is 42.6 Å². The molecule has 3 rings (SSSR count). The molecule has 0 bridgehead atoms. The number of benzene rings is 1. The van der Waals surface area contributed by atoms with Crippen LogP contribution in [0.25, 0.3) is 5.65 Å². The summed E-state index contributed by atoms with van der Waals surface area (Å²) in [6, 6.07) is 10.2. The fourth-order valence-corrected chi connectivity index (χ4v) is 2.57. The topological polar surface area (TPSA) is 26.5 Å². The molecule has 2 aromatic heterocycles. The number of nitrogens with zero attached hydrogens (tertiary/aromatic N) is 2. The lowest BCUT2D eigenvalue weighted by Crippen LogP contribution is -1.93. The molecule has 0 radical (unpaired) electrons. The molecular weight excluding hydrogens is 323 g/mol. The van der Waals surface area contributed by atoms with Crippen molar-refractivity contribution in [3.05, 3.63) is 59.7 Å². The molecule has 0 amide bonds. The molecule has 20 heavy (non-hydrogen) atoms. The maximum Gasteiger partial charge on any atom is 0.242 e. The lowest BCUT2D eigenvalue weighted by molar-refractivity contribution is 0.456. The minimum Gasteiger partial charge on any atom is -0.437 e. The number of aryl methyl sites for hydroxylation is 1. The van der Waals surface area contributed by atoms with Gasteiger partial charge in [0, 0.05) is 11.5 Å². The molecule has 0 spiro atoms. The van der Waals surface area contributed by atoms with Gasteiger partial charge in [0.1, 0.15) is 17.2 Å². The number of aromatic nitrogens is 2. The van der Waals surface area contributed by atoms with E-state index in [0.29, 0.717) is 17.0 Å². The van der Waals surface area contributed by atoms with Gasteiger partial charge in [-0.05, 0) is 42.8 Å². The molecule has 0 N–H and O–H groups in total. The normalized spacial score (nSPS) is 10.9. The summed E-state index contributed by atoms with van der Waals surface area (Å²) >= 11 is 3.45. The van der Waals surface area contributed by atoms with Crippen molar-refractivity contribution in [3.8, 4) is 11.6 Å². The van der Waals surface area contributed by atoms with Gasteiger partial charge < -0.3 is 4.74 Å². The van der Waals surface area contributed by atoms with Crippen LogP contribution in [0.4, 0.5) is 4.39 Å². The lowest BCUT2D eigenvalue weighted by atomic mass is 10.2. The van der Waals surface area contributed by atoms with Crippen molar-refractivity contribution in [3.63, 3.8) is 0 Å². The van der Waals surface area contributed by atoms with Crippen molar-refractivity contribution < 1.29 is 9.13 Å². The number of imidazole rings is 1. The zero-order valence-electron chi connectivity index (χ0n) is 10.8. The Labute approximate surface area is 124 Å². The Hall–Kier alpha value is -1.88. The Balaban J connectivity index is 2.06. The quantitative estimate of drug-likeness (QED) is 0.660. The summed E-state index contributed by atoms with van der Waals surface area (Å²) < 4.78 is 20.9. The minimum atomic E-state index is -0.273. The van der Waals surface area contributed by atoms with Crippen molar-refractivity contribution in [2.45, 2.75) is 12.3 Å². The van der Waals surface area contributed by atoms with Gasteiger partial charge in [-0.25, -0.2) is 4.39 Å². The van der Waals surface area contributed by atoms with Crippen molar-refractivity contribution in [1.82, 2.24) is 9.38 Å². The van der Waals surface area contributed by atoms with E-state index in [1.54, 1.807) is 6.07 Å². The van der Waals surface area contributed by atoms with Crippen molar-refractivity contribution in [1.29, 1.82) is 0 Å². The number of rotatable bonds is 3. The predicted octanol–water partition coefficient (Wildman–Crippen LogP) is 4.47. The first-order valence-corrected chi connectivity index (χ1v) is 7.27. The molecule has 0 aliphatic heterocycles. The van der Waals surface area contributed by atoms with Gasteiger partial charge in [-0.1, -0.05) is 22.0 Å². The van der Waals surface area contributed by atoms with Crippen LogP contribution < -0.4 is 4.74 Å². The Morgan fingerprint density at radius 2 is 2.15 bits per heavy atom. The van der Waals surface area contributed by atoms with E-state index < -0.39 is 0 Å². The molecule has 0 fully saturated rings. The maximum absolute atomic E-state index is 13.1. The molecule has 5 heteroatoms. The van der Waals surface area contributed by atoms with E-state index >= 15 is 0 Å². The molecular formula is C15H12BrFN2O. The Morgan fingerprint density at radius 1 is 1.30 bits per heavy atom. The first-order valence-electron chi connectivity index (χ1n) is 6.15. The number of pyridine rings is 1. The van der Waals surface area contributed by atoms with Gasteiger partial charge in [-0.2, -0.15) is 4.98 Å². The number of halogens is 2. The van der Waals surface area contributed by atoms with Crippen LogP contribution in [0.3, 0.4) is 0 Å². The van der Waals surface area contributed by atoms with Crippen LogP contribution in [0.1, 0.15) is 11.3 Å². The van der Waals surface area contributed by atoms with Gasteiger partial charge in [-0.15, -0.1) is 0 Å². The summed E-state index contributed by atoms with van der Waals surface area (Å²) in [4.78, 5) is 4.46. The summed E-state index contributed by atoms with van der Waals surface area (Å²) in [5, 5.41) is 0.619. The fourth-order valence-electron chi connectivity index (χ4n) is 2.06. The number of alkyl halides is 1. The number of fused-ring (bicyclic) bond motifs is 1. The first kappa shape index (κ1) is 13.1. The highest BCUT2D eigenvalue weighted by Gasteiger charge is 2.14. The van der Waals surface area contributed by atoms with E-state index in [1.165, 1.54) is 12.1 Å². The number of hydrogen-bond donors (Lipinski definition) is 0. The molecule has 2 heterocycles. The molecule has 0 saturated carbocycles. The van der Waals surface area contributed by atoms with Crippen molar-refractivity contribution in [2.24, 2.45) is 0 Å². The smallest absolute Gasteiger partial charge is 0.242 e. The third kappa shape index (κ3) is 2.29. The molecule has 0 aliphatic rings. The van der Waals surface area contributed by atoms with Gasteiger partial charge in [-0.3, -0.25) is 4.40 Å². The van der Waals surface area contributed by atoms with Gasteiger partial charge in [0.2, 0.25) is 5.88 Å². The average molecular weight is 335 g/mol. The highest BCUT2D eigenvalue weighted by molar-refractivity contribution is 9.08. The zero-order valence-corrected chi connectivity index (χ0v) is 12.4. The van der Waals surface area contributed by atoms with E-state index in [2.05, 4.69) is 20.9 Å². The van der Waals surface area contributed by atoms with Crippen LogP contribution in [0, 0.1) is 12.7 Å². The Bertz CT molecular complexity index is 770. The zero-order chi connectivity index (χ0) is 14.1. The van der Waals surface area contributed by atoms with Gasteiger partial charge in [0.05, 0.1) is 5.69 Å². The molecule has 0 saturated heterocycles. The Kier molecular flexibility index (Phi) is 3.44. The van der Waals surface area contributed by atoms with E-state index in [0.717, 1.165) is 16.9 Å². The Morgan fingerprint density at radius 3 is 2.90 bits per heavy atom. The molecule has 0 atom stereocenters. The third-order valence-electron chi connectivity index (χ3n) is 3.06. The average Bonchev–Trinajstić information content (AvgIpc) is 2.79. The van der Waals surface area contributed by atoms with E-state index in [4.69, 9.17) is 4.74 Å². The van der Waals surface area contributed by atoms with Gasteiger partial charge in [0.25, 0.3) is 0 Å². The summed E-state index contributed by atoms with van der Waals surface area (Å²) in [5.74, 6) is 0.866. The van der Waals surface area contributed by atoms with Crippen molar-refractivity contribution in [2.75, 3.05) is 0 Å². The third-order valence-corrected chi connectivity index (χ3v) is 3.59. The van der Waals surface area contributed by atoms with Crippen LogP contribution in [-0.4, -0.2) is 9.38 Å². The van der Waals surface area contributed by atoms with E-state index in [-0.39, 0.29) is 5.82 Å². The van der Waals surface area contributed by atoms with E-state index in [1.807, 2.05) is 35.7 Å². The standard InChI is InChI=1S/C15H12BrFN2O/c1-10-8-11(17)5-6-13(10)20-15-12(9-16)19-7-3-2-4-14(19)18-15/h2-8H,9H2,1H3. The fraction of sp³-hybridized carbons (Fsp3) is 0.133. The second-order valence-electron chi connectivity index (χ2n) is 4.44. The van der Waals surface area contributed by atoms with Crippen LogP contribution in [-0.2, 0) is 5.33 Å². The van der Waals surface area contributed by atoms with Crippen LogP contribution in [0.5, 0.6) is 11.6 Å². The highest BCUT2D eigenvalue weighted by atomic mass is 79.9. The maximum atomic E-state index is 13.1. The van der Waals surface area contributed by atoms with Crippen LogP contribution in [0.2, 0.25) is 0 Å². The lowest BCUT2D eigenvalue weighted by Gasteiger charge is -2.07. The van der Waals surface area contributed by atoms with Crippen molar-refractivity contribution >= 4 is 21.6 Å². The van der Waals surface area contributed by atoms with E-state index in [9.17, 15) is 4.39 Å². The molecule has 0 unspecified atom stereocenters. The second kappa shape index (κ2) is 5.25. The molecule has 0 aliphatic carbocycles. The molecule has 3 nitrogen and oxygen atoms in total.